The molecule has 2 heteroatoms. The van der Waals surface area contributed by atoms with E-state index >= 15 is 0 Å². The summed E-state index contributed by atoms with van der Waals surface area (Å²) in [6, 6.07) is 9.31. The van der Waals surface area contributed by atoms with E-state index in [1.807, 2.05) is 37.3 Å². The summed E-state index contributed by atoms with van der Waals surface area (Å²) >= 11 is 0. The van der Waals surface area contributed by atoms with Gasteiger partial charge in [-0.1, -0.05) is 35.9 Å². The van der Waals surface area contributed by atoms with Gasteiger partial charge in [0.15, 0.2) is 11.6 Å². The van der Waals surface area contributed by atoms with E-state index in [0.29, 0.717) is 6.42 Å². The molecule has 0 aliphatic heterocycles. The van der Waals surface area contributed by atoms with Crippen molar-refractivity contribution in [2.24, 2.45) is 0 Å². The molecule has 1 aromatic rings. The van der Waals surface area contributed by atoms with Gasteiger partial charge in [0.2, 0.25) is 0 Å². The van der Waals surface area contributed by atoms with Gasteiger partial charge in [0.25, 0.3) is 0 Å². The summed E-state index contributed by atoms with van der Waals surface area (Å²) in [5.41, 5.74) is 1.80. The minimum atomic E-state index is 0.0666. The van der Waals surface area contributed by atoms with Crippen molar-refractivity contribution in [3.8, 4) is 0 Å². The summed E-state index contributed by atoms with van der Waals surface area (Å²) in [6.45, 7) is 3.47. The van der Waals surface area contributed by atoms with Crippen molar-refractivity contribution in [1.82, 2.24) is 0 Å². The first-order valence-electron chi connectivity index (χ1n) is 5.85. The Bertz CT molecular complexity index is 416. The molecule has 0 bridgehead atoms. The highest BCUT2D eigenvalue weighted by Gasteiger charge is 2.04. The van der Waals surface area contributed by atoms with Crippen molar-refractivity contribution in [1.29, 1.82) is 0 Å². The Hall–Kier alpha value is -1.70. The molecule has 1 aromatic carbocycles. The van der Waals surface area contributed by atoms with E-state index < -0.39 is 0 Å². The molecular weight excluding hydrogens is 212 g/mol. The van der Waals surface area contributed by atoms with E-state index in [2.05, 4.69) is 0 Å². The third-order valence-corrected chi connectivity index (χ3v) is 2.52. The van der Waals surface area contributed by atoms with Crippen molar-refractivity contribution in [3.63, 3.8) is 0 Å². The predicted octanol–water partition coefficient (Wildman–Crippen LogP) is 3.57. The van der Waals surface area contributed by atoms with Crippen LogP contribution in [0.4, 0.5) is 0 Å². The van der Waals surface area contributed by atoms with Crippen LogP contribution in [-0.4, -0.2) is 11.6 Å². The molecule has 0 spiro atoms. The maximum Gasteiger partial charge on any atom is 0.162 e. The fourth-order valence-electron chi connectivity index (χ4n) is 1.72. The molecule has 90 valence electrons. The van der Waals surface area contributed by atoms with Crippen LogP contribution in [0.3, 0.4) is 0 Å². The van der Waals surface area contributed by atoms with E-state index in [-0.39, 0.29) is 11.6 Å². The summed E-state index contributed by atoms with van der Waals surface area (Å²) in [6.07, 6.45) is 3.77. The molecule has 0 unspecified atom stereocenters. The van der Waals surface area contributed by atoms with Crippen LogP contribution < -0.4 is 0 Å². The van der Waals surface area contributed by atoms with Crippen molar-refractivity contribution < 1.29 is 9.59 Å². The maximum absolute atomic E-state index is 11.8. The summed E-state index contributed by atoms with van der Waals surface area (Å²) in [5, 5.41) is 0. The van der Waals surface area contributed by atoms with Crippen LogP contribution in [0.5, 0.6) is 0 Å². The van der Waals surface area contributed by atoms with E-state index in [1.54, 1.807) is 13.0 Å². The SMILES string of the molecule is CC(=O)/C=C(\C)CCCC(=O)c1ccccc1. The van der Waals surface area contributed by atoms with Gasteiger partial charge in [-0.05, 0) is 32.8 Å². The Morgan fingerprint density at radius 1 is 1.06 bits per heavy atom. The predicted molar refractivity (Wildman–Crippen MR) is 69.1 cm³/mol. The molecule has 2 nitrogen and oxygen atoms in total. The number of rotatable bonds is 6. The second kappa shape index (κ2) is 6.79. The molecular formula is C15H18O2. The highest BCUT2D eigenvalue weighted by atomic mass is 16.1. The largest absolute Gasteiger partial charge is 0.295 e. The maximum atomic E-state index is 11.8. The van der Waals surface area contributed by atoms with Crippen LogP contribution in [0.2, 0.25) is 0 Å². The van der Waals surface area contributed by atoms with Crippen LogP contribution in [0, 0.1) is 0 Å². The van der Waals surface area contributed by atoms with E-state index in [9.17, 15) is 9.59 Å². The number of Topliss-reactive ketones (excluding diaryl/α,β-unsaturated/α-hetero) is 1. The molecule has 0 amide bonds. The van der Waals surface area contributed by atoms with Gasteiger partial charge in [-0.15, -0.1) is 0 Å². The fraction of sp³-hybridized carbons (Fsp3) is 0.333. The first-order valence-corrected chi connectivity index (χ1v) is 5.85. The molecule has 0 aliphatic carbocycles. The minimum absolute atomic E-state index is 0.0666. The fourth-order valence-corrected chi connectivity index (χ4v) is 1.72. The molecule has 0 aliphatic rings. The van der Waals surface area contributed by atoms with E-state index in [0.717, 1.165) is 24.0 Å². The lowest BCUT2D eigenvalue weighted by atomic mass is 10.0. The van der Waals surface area contributed by atoms with Crippen LogP contribution in [0.15, 0.2) is 42.0 Å². The highest BCUT2D eigenvalue weighted by molar-refractivity contribution is 5.96. The van der Waals surface area contributed by atoms with E-state index in [1.165, 1.54) is 0 Å². The highest BCUT2D eigenvalue weighted by Crippen LogP contribution is 2.10. The second-order valence-electron chi connectivity index (χ2n) is 4.24. The lowest BCUT2D eigenvalue weighted by molar-refractivity contribution is -0.112. The number of hydrogen-bond donors (Lipinski definition) is 0. The van der Waals surface area contributed by atoms with Gasteiger partial charge in [-0.3, -0.25) is 9.59 Å². The quantitative estimate of drug-likeness (QED) is 0.553. The lowest BCUT2D eigenvalue weighted by Gasteiger charge is -2.01. The average molecular weight is 230 g/mol. The third kappa shape index (κ3) is 5.25. The van der Waals surface area contributed by atoms with Crippen molar-refractivity contribution in [2.75, 3.05) is 0 Å². The van der Waals surface area contributed by atoms with Crippen LogP contribution >= 0.6 is 0 Å². The minimum Gasteiger partial charge on any atom is -0.295 e. The Morgan fingerprint density at radius 3 is 2.29 bits per heavy atom. The molecule has 0 N–H and O–H groups in total. The first kappa shape index (κ1) is 13.4. The first-order chi connectivity index (χ1) is 8.09. The molecule has 0 saturated heterocycles. The van der Waals surface area contributed by atoms with Gasteiger partial charge in [-0.2, -0.15) is 0 Å². The van der Waals surface area contributed by atoms with Crippen LogP contribution in [0.1, 0.15) is 43.5 Å². The zero-order chi connectivity index (χ0) is 12.7. The smallest absolute Gasteiger partial charge is 0.162 e. The summed E-state index contributed by atoms with van der Waals surface area (Å²) < 4.78 is 0. The normalized spacial score (nSPS) is 11.3. The topological polar surface area (TPSA) is 34.1 Å². The number of carbonyl (C=O) groups excluding carboxylic acids is 2. The third-order valence-electron chi connectivity index (χ3n) is 2.52. The molecule has 0 saturated carbocycles. The summed E-state index contributed by atoms with van der Waals surface area (Å²) in [7, 11) is 0. The van der Waals surface area contributed by atoms with Crippen molar-refractivity contribution >= 4 is 11.6 Å². The zero-order valence-corrected chi connectivity index (χ0v) is 10.4. The number of carbonyl (C=O) groups is 2. The Kier molecular flexibility index (Phi) is 5.34. The van der Waals surface area contributed by atoms with Gasteiger partial charge in [0.05, 0.1) is 0 Å². The van der Waals surface area contributed by atoms with Gasteiger partial charge in [-0.25, -0.2) is 0 Å². The Balaban J connectivity index is 2.38. The second-order valence-corrected chi connectivity index (χ2v) is 4.24. The van der Waals surface area contributed by atoms with Crippen LogP contribution in [-0.2, 0) is 4.79 Å². The van der Waals surface area contributed by atoms with Crippen molar-refractivity contribution in [3.05, 3.63) is 47.5 Å². The Labute approximate surface area is 102 Å². The summed E-state index contributed by atoms with van der Waals surface area (Å²) in [4.78, 5) is 22.6. The molecule has 17 heavy (non-hydrogen) atoms. The molecule has 0 aromatic heterocycles. The van der Waals surface area contributed by atoms with E-state index in [4.69, 9.17) is 0 Å². The molecule has 1 rings (SSSR count). The molecule has 0 fully saturated rings. The van der Waals surface area contributed by atoms with Gasteiger partial charge in [0, 0.05) is 12.0 Å². The van der Waals surface area contributed by atoms with Gasteiger partial charge < -0.3 is 0 Å². The molecule has 0 heterocycles. The Morgan fingerprint density at radius 2 is 1.71 bits per heavy atom. The summed E-state index contributed by atoms with van der Waals surface area (Å²) in [5.74, 6) is 0.234. The van der Waals surface area contributed by atoms with Gasteiger partial charge in [0.1, 0.15) is 0 Å². The van der Waals surface area contributed by atoms with Crippen LogP contribution in [0.25, 0.3) is 0 Å². The monoisotopic (exact) mass is 230 g/mol. The zero-order valence-electron chi connectivity index (χ0n) is 10.4. The van der Waals surface area contributed by atoms with Crippen molar-refractivity contribution in [2.45, 2.75) is 33.1 Å². The average Bonchev–Trinajstić information content (AvgIpc) is 2.29. The number of hydrogen-bond acceptors (Lipinski definition) is 2. The molecule has 0 atom stereocenters. The number of ketones is 2. The number of allylic oxidation sites excluding steroid dienone is 2. The number of benzene rings is 1. The molecule has 0 radical (unpaired) electrons. The standard InChI is InChI=1S/C15H18O2/c1-12(11-13(2)16)7-6-10-15(17)14-8-4-3-5-9-14/h3-5,8-9,11H,6-7,10H2,1-2H3/b12-11+. The van der Waals surface area contributed by atoms with Gasteiger partial charge >= 0.3 is 0 Å². The lowest BCUT2D eigenvalue weighted by Crippen LogP contribution is -1.98.